The van der Waals surface area contributed by atoms with Crippen molar-refractivity contribution in [3.63, 3.8) is 0 Å². The van der Waals surface area contributed by atoms with E-state index in [1.807, 2.05) is 11.8 Å². The van der Waals surface area contributed by atoms with Gasteiger partial charge in [0.2, 0.25) is 11.8 Å². The Hall–Kier alpha value is -1.10. The summed E-state index contributed by atoms with van der Waals surface area (Å²) in [5.74, 6) is 1.03. The van der Waals surface area contributed by atoms with Gasteiger partial charge in [-0.25, -0.2) is 0 Å². The van der Waals surface area contributed by atoms with Crippen molar-refractivity contribution < 1.29 is 9.59 Å². The van der Waals surface area contributed by atoms with E-state index in [9.17, 15) is 9.59 Å². The lowest BCUT2D eigenvalue weighted by atomic mass is 10.0. The Balaban J connectivity index is 1.72. The van der Waals surface area contributed by atoms with Crippen LogP contribution in [0.1, 0.15) is 52.4 Å². The number of nitrogens with one attached hydrogen (secondary N) is 1. The number of hydrogen-bond donors (Lipinski definition) is 1. The number of nitrogens with zero attached hydrogens (tertiary/aromatic N) is 2. The molecule has 2 aliphatic rings. The number of amides is 2. The highest BCUT2D eigenvalue weighted by Gasteiger charge is 2.28. The average molecular weight is 309 g/mol. The van der Waals surface area contributed by atoms with Crippen molar-refractivity contribution in [3.8, 4) is 0 Å². The van der Waals surface area contributed by atoms with Crippen LogP contribution < -0.4 is 5.32 Å². The van der Waals surface area contributed by atoms with Crippen LogP contribution in [-0.4, -0.2) is 60.4 Å². The lowest BCUT2D eigenvalue weighted by Gasteiger charge is -2.37. The molecule has 1 heterocycles. The van der Waals surface area contributed by atoms with Crippen molar-refractivity contribution >= 4 is 11.8 Å². The molecule has 1 aliphatic carbocycles. The summed E-state index contributed by atoms with van der Waals surface area (Å²) >= 11 is 0. The predicted molar refractivity (Wildman–Crippen MR) is 87.5 cm³/mol. The van der Waals surface area contributed by atoms with Gasteiger partial charge in [0.25, 0.3) is 0 Å². The van der Waals surface area contributed by atoms with Gasteiger partial charge in [-0.3, -0.25) is 14.5 Å². The third-order valence-electron chi connectivity index (χ3n) is 5.08. The fraction of sp³-hybridized carbons (Fsp3) is 0.882. The van der Waals surface area contributed by atoms with E-state index in [1.54, 1.807) is 0 Å². The second kappa shape index (κ2) is 8.51. The quantitative estimate of drug-likeness (QED) is 0.811. The summed E-state index contributed by atoms with van der Waals surface area (Å²) in [6, 6.07) is -0.0985. The van der Waals surface area contributed by atoms with Gasteiger partial charge in [-0.1, -0.05) is 19.8 Å². The molecule has 1 saturated carbocycles. The molecule has 0 aromatic rings. The molecule has 2 rings (SSSR count). The summed E-state index contributed by atoms with van der Waals surface area (Å²) in [7, 11) is 0. The second-order valence-electron chi connectivity index (χ2n) is 6.74. The summed E-state index contributed by atoms with van der Waals surface area (Å²) in [6.07, 6.45) is 6.71. The van der Waals surface area contributed by atoms with Gasteiger partial charge in [0, 0.05) is 39.1 Å². The lowest BCUT2D eigenvalue weighted by Crippen LogP contribution is -2.55. The van der Waals surface area contributed by atoms with E-state index in [-0.39, 0.29) is 11.9 Å². The van der Waals surface area contributed by atoms with Crippen LogP contribution in [0.25, 0.3) is 0 Å². The molecule has 0 bridgehead atoms. The van der Waals surface area contributed by atoms with Crippen LogP contribution in [0.3, 0.4) is 0 Å². The van der Waals surface area contributed by atoms with Gasteiger partial charge < -0.3 is 10.2 Å². The monoisotopic (exact) mass is 309 g/mol. The van der Waals surface area contributed by atoms with Crippen LogP contribution in [-0.2, 0) is 9.59 Å². The minimum absolute atomic E-state index is 0.0985. The number of rotatable bonds is 6. The first kappa shape index (κ1) is 17.3. The lowest BCUT2D eigenvalue weighted by molar-refractivity contribution is -0.135. The van der Waals surface area contributed by atoms with Gasteiger partial charge in [-0.05, 0) is 32.1 Å². The fourth-order valence-corrected chi connectivity index (χ4v) is 3.51. The third-order valence-corrected chi connectivity index (χ3v) is 5.08. The summed E-state index contributed by atoms with van der Waals surface area (Å²) in [5, 5.41) is 2.95. The van der Waals surface area contributed by atoms with E-state index < -0.39 is 0 Å². The van der Waals surface area contributed by atoms with Crippen molar-refractivity contribution in [1.29, 1.82) is 0 Å². The van der Waals surface area contributed by atoms with E-state index in [4.69, 9.17) is 0 Å². The van der Waals surface area contributed by atoms with Crippen molar-refractivity contribution in [1.82, 2.24) is 15.1 Å². The van der Waals surface area contributed by atoms with E-state index in [1.165, 1.54) is 25.7 Å². The van der Waals surface area contributed by atoms with Gasteiger partial charge in [0.1, 0.15) is 0 Å². The van der Waals surface area contributed by atoms with E-state index >= 15 is 0 Å². The molecule has 5 nitrogen and oxygen atoms in total. The van der Waals surface area contributed by atoms with Crippen molar-refractivity contribution in [2.24, 2.45) is 5.92 Å². The topological polar surface area (TPSA) is 52.7 Å². The van der Waals surface area contributed by atoms with Gasteiger partial charge in [0.05, 0.1) is 6.04 Å². The Morgan fingerprint density at radius 1 is 1.14 bits per heavy atom. The maximum Gasteiger partial charge on any atom is 0.237 e. The fourth-order valence-electron chi connectivity index (χ4n) is 3.51. The number of carbonyl (C=O) groups excluding carboxylic acids is 2. The average Bonchev–Trinajstić information content (AvgIpc) is 3.05. The molecule has 1 saturated heterocycles. The van der Waals surface area contributed by atoms with E-state index in [2.05, 4.69) is 17.1 Å². The van der Waals surface area contributed by atoms with Crippen LogP contribution in [0, 0.1) is 5.92 Å². The van der Waals surface area contributed by atoms with Crippen molar-refractivity contribution in [2.75, 3.05) is 32.7 Å². The molecule has 0 radical (unpaired) electrons. The Bertz CT molecular complexity index is 372. The highest BCUT2D eigenvalue weighted by atomic mass is 16.2. The Labute approximate surface area is 134 Å². The first-order valence-corrected chi connectivity index (χ1v) is 8.91. The predicted octanol–water partition coefficient (Wildman–Crippen LogP) is 1.63. The van der Waals surface area contributed by atoms with Crippen molar-refractivity contribution in [2.45, 2.75) is 58.4 Å². The van der Waals surface area contributed by atoms with Gasteiger partial charge in [-0.2, -0.15) is 0 Å². The molecule has 126 valence electrons. The molecular formula is C17H31N3O2. The van der Waals surface area contributed by atoms with Crippen molar-refractivity contribution in [3.05, 3.63) is 0 Å². The Morgan fingerprint density at radius 2 is 1.77 bits per heavy atom. The zero-order valence-electron chi connectivity index (χ0n) is 14.1. The molecular weight excluding hydrogens is 278 g/mol. The number of piperazine rings is 1. The largest absolute Gasteiger partial charge is 0.355 e. The van der Waals surface area contributed by atoms with Gasteiger partial charge >= 0.3 is 0 Å². The minimum atomic E-state index is -0.0985. The number of hydrogen-bond acceptors (Lipinski definition) is 3. The molecule has 1 aliphatic heterocycles. The molecule has 22 heavy (non-hydrogen) atoms. The normalized spacial score (nSPS) is 21.8. The summed E-state index contributed by atoms with van der Waals surface area (Å²) in [6.45, 7) is 7.88. The molecule has 0 unspecified atom stereocenters. The summed E-state index contributed by atoms with van der Waals surface area (Å²) in [4.78, 5) is 28.5. The standard InChI is InChI=1S/C17H31N3O2/c1-3-8-18-17(22)14(2)19-9-11-20(12-10-19)16(21)13-15-6-4-5-7-15/h14-15H,3-13H2,1-2H3,(H,18,22)/t14-/m0/s1. The summed E-state index contributed by atoms with van der Waals surface area (Å²) in [5.41, 5.74) is 0. The zero-order chi connectivity index (χ0) is 15.9. The first-order valence-electron chi connectivity index (χ1n) is 8.91. The summed E-state index contributed by atoms with van der Waals surface area (Å²) < 4.78 is 0. The molecule has 5 heteroatoms. The molecule has 1 N–H and O–H groups in total. The van der Waals surface area contributed by atoms with Gasteiger partial charge in [-0.15, -0.1) is 0 Å². The smallest absolute Gasteiger partial charge is 0.237 e. The first-order chi connectivity index (χ1) is 10.6. The van der Waals surface area contributed by atoms with Crippen LogP contribution in [0.15, 0.2) is 0 Å². The van der Waals surface area contributed by atoms with Gasteiger partial charge in [0.15, 0.2) is 0 Å². The highest BCUT2D eigenvalue weighted by molar-refractivity contribution is 5.81. The maximum absolute atomic E-state index is 12.3. The molecule has 1 atom stereocenters. The molecule has 0 aromatic carbocycles. The SMILES string of the molecule is CCCNC(=O)[C@H](C)N1CCN(C(=O)CC2CCCC2)CC1. The molecule has 0 aromatic heterocycles. The Kier molecular flexibility index (Phi) is 6.68. The zero-order valence-corrected chi connectivity index (χ0v) is 14.1. The molecule has 2 amide bonds. The van der Waals surface area contributed by atoms with Crippen LogP contribution in [0.4, 0.5) is 0 Å². The third kappa shape index (κ3) is 4.70. The van der Waals surface area contributed by atoms with Crippen LogP contribution in [0.5, 0.6) is 0 Å². The van der Waals surface area contributed by atoms with E-state index in [0.29, 0.717) is 11.8 Å². The molecule has 2 fully saturated rings. The highest BCUT2D eigenvalue weighted by Crippen LogP contribution is 2.28. The number of carbonyl (C=O) groups is 2. The van der Waals surface area contributed by atoms with Crippen LogP contribution >= 0.6 is 0 Å². The van der Waals surface area contributed by atoms with Crippen LogP contribution in [0.2, 0.25) is 0 Å². The second-order valence-corrected chi connectivity index (χ2v) is 6.74. The maximum atomic E-state index is 12.3. The minimum Gasteiger partial charge on any atom is -0.355 e. The van der Waals surface area contributed by atoms with E-state index in [0.717, 1.165) is 45.6 Å². The molecule has 0 spiro atoms. The Morgan fingerprint density at radius 3 is 2.36 bits per heavy atom.